The molecule has 0 saturated heterocycles. The number of phenolic OH excluding ortho intramolecular Hbond substituents is 1. The average molecular weight is 365 g/mol. The van der Waals surface area contributed by atoms with Crippen LogP contribution in [0, 0.1) is 5.82 Å². The maximum atomic E-state index is 12.8. The lowest BCUT2D eigenvalue weighted by atomic mass is 10.1. The number of aromatic hydroxyl groups is 1. The summed E-state index contributed by atoms with van der Waals surface area (Å²) in [7, 11) is 0. The molecule has 114 valence electrons. The smallest absolute Gasteiger partial charge is 0.185 e. The zero-order valence-electron chi connectivity index (χ0n) is 11.8. The standard InChI is InChI=1S/C17H14BrFO3/c1-2-22-16-10-11(9-14(18)17(16)21)3-8-15(20)12-4-6-13(19)7-5-12/h3-10,21H,2H2,1H3/b8-3+. The number of ether oxygens (including phenoxy) is 1. The molecule has 2 aromatic carbocycles. The Morgan fingerprint density at radius 2 is 2.00 bits per heavy atom. The van der Waals surface area contributed by atoms with Crippen molar-refractivity contribution in [3.05, 3.63) is 63.9 Å². The number of halogens is 2. The van der Waals surface area contributed by atoms with Gasteiger partial charge in [-0.2, -0.15) is 0 Å². The van der Waals surface area contributed by atoms with Gasteiger partial charge in [0.05, 0.1) is 11.1 Å². The number of allylic oxidation sites excluding steroid dienone is 1. The van der Waals surface area contributed by atoms with Crippen molar-refractivity contribution in [3.63, 3.8) is 0 Å². The van der Waals surface area contributed by atoms with E-state index in [0.29, 0.717) is 28.0 Å². The van der Waals surface area contributed by atoms with Crippen molar-refractivity contribution in [3.8, 4) is 11.5 Å². The summed E-state index contributed by atoms with van der Waals surface area (Å²) in [6, 6.07) is 8.65. The number of carbonyl (C=O) groups excluding carboxylic acids is 1. The lowest BCUT2D eigenvalue weighted by Crippen LogP contribution is -1.95. The van der Waals surface area contributed by atoms with E-state index in [9.17, 15) is 14.3 Å². The topological polar surface area (TPSA) is 46.5 Å². The Kier molecular flexibility index (Phi) is 5.33. The zero-order chi connectivity index (χ0) is 16.1. The number of benzene rings is 2. The van der Waals surface area contributed by atoms with E-state index in [1.807, 2.05) is 6.92 Å². The van der Waals surface area contributed by atoms with E-state index in [0.717, 1.165) is 0 Å². The second kappa shape index (κ2) is 7.22. The molecule has 0 unspecified atom stereocenters. The number of phenols is 1. The normalized spacial score (nSPS) is 10.9. The highest BCUT2D eigenvalue weighted by atomic mass is 79.9. The Balaban J connectivity index is 2.22. The van der Waals surface area contributed by atoms with E-state index in [2.05, 4.69) is 15.9 Å². The van der Waals surface area contributed by atoms with Gasteiger partial charge in [-0.15, -0.1) is 0 Å². The molecule has 3 nitrogen and oxygen atoms in total. The number of hydrogen-bond donors (Lipinski definition) is 1. The summed E-state index contributed by atoms with van der Waals surface area (Å²) >= 11 is 3.24. The van der Waals surface area contributed by atoms with Crippen LogP contribution in [-0.2, 0) is 0 Å². The van der Waals surface area contributed by atoms with Crippen molar-refractivity contribution < 1.29 is 19.0 Å². The van der Waals surface area contributed by atoms with E-state index in [1.165, 1.54) is 30.3 Å². The molecule has 1 N–H and O–H groups in total. The molecule has 0 saturated carbocycles. The van der Waals surface area contributed by atoms with Crippen LogP contribution in [0.4, 0.5) is 4.39 Å². The SMILES string of the molecule is CCOc1cc(/C=C/C(=O)c2ccc(F)cc2)cc(Br)c1O. The second-order valence-corrected chi connectivity index (χ2v) is 5.34. The molecule has 2 aromatic rings. The van der Waals surface area contributed by atoms with Crippen LogP contribution < -0.4 is 4.74 Å². The fourth-order valence-electron chi connectivity index (χ4n) is 1.84. The molecule has 5 heteroatoms. The van der Waals surface area contributed by atoms with Crippen molar-refractivity contribution in [2.75, 3.05) is 6.61 Å². The second-order valence-electron chi connectivity index (χ2n) is 4.49. The Morgan fingerprint density at radius 3 is 2.64 bits per heavy atom. The fraction of sp³-hybridized carbons (Fsp3) is 0.118. The lowest BCUT2D eigenvalue weighted by Gasteiger charge is -2.08. The van der Waals surface area contributed by atoms with Crippen molar-refractivity contribution >= 4 is 27.8 Å². The summed E-state index contributed by atoms with van der Waals surface area (Å²) in [4.78, 5) is 12.0. The van der Waals surface area contributed by atoms with E-state index < -0.39 is 0 Å². The van der Waals surface area contributed by atoms with Crippen LogP contribution in [0.5, 0.6) is 11.5 Å². The van der Waals surface area contributed by atoms with Crippen LogP contribution in [-0.4, -0.2) is 17.5 Å². The molecule has 22 heavy (non-hydrogen) atoms. The Morgan fingerprint density at radius 1 is 1.32 bits per heavy atom. The zero-order valence-corrected chi connectivity index (χ0v) is 13.4. The minimum Gasteiger partial charge on any atom is -0.503 e. The van der Waals surface area contributed by atoms with Crippen LogP contribution in [0.25, 0.3) is 6.08 Å². The summed E-state index contributed by atoms with van der Waals surface area (Å²) in [5.74, 6) is -0.263. The number of rotatable bonds is 5. The molecule has 0 aliphatic rings. The molecule has 0 spiro atoms. The van der Waals surface area contributed by atoms with Gasteiger partial charge in [0.1, 0.15) is 5.82 Å². The van der Waals surface area contributed by atoms with Crippen molar-refractivity contribution in [2.24, 2.45) is 0 Å². The monoisotopic (exact) mass is 364 g/mol. The highest BCUT2D eigenvalue weighted by Gasteiger charge is 2.08. The molecule has 0 aliphatic carbocycles. The molecule has 0 radical (unpaired) electrons. The van der Waals surface area contributed by atoms with Gasteiger partial charge < -0.3 is 9.84 Å². The summed E-state index contributed by atoms with van der Waals surface area (Å²) < 4.78 is 18.6. The minimum absolute atomic E-state index is 0.0175. The van der Waals surface area contributed by atoms with Gasteiger partial charge in [0.2, 0.25) is 0 Å². The molecule has 0 bridgehead atoms. The summed E-state index contributed by atoms with van der Waals surface area (Å²) in [5.41, 5.74) is 1.10. The predicted octanol–water partition coefficient (Wildman–Crippen LogP) is 4.59. The van der Waals surface area contributed by atoms with Gasteiger partial charge in [-0.25, -0.2) is 4.39 Å². The number of carbonyl (C=O) groups is 1. The first-order valence-electron chi connectivity index (χ1n) is 6.64. The van der Waals surface area contributed by atoms with E-state index in [4.69, 9.17) is 4.74 Å². The van der Waals surface area contributed by atoms with Crippen LogP contribution in [0.3, 0.4) is 0 Å². The quantitative estimate of drug-likeness (QED) is 0.623. The molecule has 0 aliphatic heterocycles. The van der Waals surface area contributed by atoms with E-state index in [-0.39, 0.29) is 17.3 Å². The molecule has 0 heterocycles. The number of ketones is 1. The third kappa shape index (κ3) is 3.95. The largest absolute Gasteiger partial charge is 0.503 e. The maximum absolute atomic E-state index is 12.8. The molecule has 2 rings (SSSR count). The third-order valence-corrected chi connectivity index (χ3v) is 3.51. The summed E-state index contributed by atoms with van der Waals surface area (Å²) in [6.45, 7) is 2.23. The van der Waals surface area contributed by atoms with Crippen LogP contribution in [0.2, 0.25) is 0 Å². The van der Waals surface area contributed by atoms with Gasteiger partial charge in [0.15, 0.2) is 17.3 Å². The first-order valence-corrected chi connectivity index (χ1v) is 7.44. The molecule has 0 atom stereocenters. The van der Waals surface area contributed by atoms with Gasteiger partial charge in [-0.3, -0.25) is 4.79 Å². The van der Waals surface area contributed by atoms with Gasteiger partial charge in [0.25, 0.3) is 0 Å². The van der Waals surface area contributed by atoms with Crippen LogP contribution in [0.15, 0.2) is 46.9 Å². The van der Waals surface area contributed by atoms with Crippen LogP contribution >= 0.6 is 15.9 Å². The van der Waals surface area contributed by atoms with Gasteiger partial charge in [-0.05, 0) is 70.9 Å². The fourth-order valence-corrected chi connectivity index (χ4v) is 2.30. The van der Waals surface area contributed by atoms with E-state index >= 15 is 0 Å². The predicted molar refractivity (Wildman–Crippen MR) is 86.7 cm³/mol. The first-order chi connectivity index (χ1) is 10.5. The van der Waals surface area contributed by atoms with Crippen molar-refractivity contribution in [1.29, 1.82) is 0 Å². The highest BCUT2D eigenvalue weighted by Crippen LogP contribution is 2.35. The Labute approximate surface area is 136 Å². The molecule has 0 amide bonds. The highest BCUT2D eigenvalue weighted by molar-refractivity contribution is 9.10. The molecule has 0 aromatic heterocycles. The maximum Gasteiger partial charge on any atom is 0.185 e. The average Bonchev–Trinajstić information content (AvgIpc) is 2.50. The van der Waals surface area contributed by atoms with Gasteiger partial charge >= 0.3 is 0 Å². The number of hydrogen-bond acceptors (Lipinski definition) is 3. The van der Waals surface area contributed by atoms with Gasteiger partial charge in [0, 0.05) is 5.56 Å². The van der Waals surface area contributed by atoms with Gasteiger partial charge in [-0.1, -0.05) is 6.08 Å². The van der Waals surface area contributed by atoms with E-state index in [1.54, 1.807) is 18.2 Å². The lowest BCUT2D eigenvalue weighted by molar-refractivity contribution is 0.104. The first kappa shape index (κ1) is 16.2. The Hall–Kier alpha value is -2.14. The molecular weight excluding hydrogens is 351 g/mol. The summed E-state index contributed by atoms with van der Waals surface area (Å²) in [6.07, 6.45) is 3.00. The minimum atomic E-state index is -0.385. The van der Waals surface area contributed by atoms with Crippen LogP contribution in [0.1, 0.15) is 22.8 Å². The van der Waals surface area contributed by atoms with Crippen molar-refractivity contribution in [2.45, 2.75) is 6.92 Å². The summed E-state index contributed by atoms with van der Waals surface area (Å²) in [5, 5.41) is 9.84. The van der Waals surface area contributed by atoms with Crippen molar-refractivity contribution in [1.82, 2.24) is 0 Å². The Bertz CT molecular complexity index is 709. The third-order valence-electron chi connectivity index (χ3n) is 2.91. The molecule has 0 fully saturated rings. The molecular formula is C17H14BrFO3.